The predicted octanol–water partition coefficient (Wildman–Crippen LogP) is 3.06. The summed E-state index contributed by atoms with van der Waals surface area (Å²) in [5.74, 6) is 0. The van der Waals surface area contributed by atoms with Crippen LogP contribution in [0.2, 0.25) is 0 Å². The maximum absolute atomic E-state index is 4.03. The van der Waals surface area contributed by atoms with Gasteiger partial charge in [-0.3, -0.25) is 5.10 Å². The summed E-state index contributed by atoms with van der Waals surface area (Å²) in [6.45, 7) is 5.34. The average Bonchev–Trinajstić information content (AvgIpc) is 2.96. The largest absolute Gasteiger partial charge is 0.309 e. The van der Waals surface area contributed by atoms with Crippen LogP contribution in [-0.2, 0) is 6.42 Å². The Labute approximate surface area is 106 Å². The molecule has 1 unspecified atom stereocenters. The Morgan fingerprint density at radius 2 is 2.41 bits per heavy atom. The van der Waals surface area contributed by atoms with Crippen molar-refractivity contribution in [1.82, 2.24) is 15.5 Å². The molecular formula is C13H19N3S. The molecule has 0 aliphatic carbocycles. The lowest BCUT2D eigenvalue weighted by atomic mass is 10.1. The van der Waals surface area contributed by atoms with Gasteiger partial charge in [-0.15, -0.1) is 11.3 Å². The van der Waals surface area contributed by atoms with Crippen molar-refractivity contribution in [2.45, 2.75) is 32.7 Å². The van der Waals surface area contributed by atoms with E-state index >= 15 is 0 Å². The van der Waals surface area contributed by atoms with Crippen LogP contribution in [-0.4, -0.2) is 16.7 Å². The summed E-state index contributed by atoms with van der Waals surface area (Å²) in [5, 5.41) is 12.7. The number of thiophene rings is 1. The third kappa shape index (κ3) is 3.41. The molecule has 0 amide bonds. The second-order valence-electron chi connectivity index (χ2n) is 4.32. The smallest absolute Gasteiger partial charge is 0.0522 e. The van der Waals surface area contributed by atoms with Crippen molar-refractivity contribution in [1.29, 1.82) is 0 Å². The highest BCUT2D eigenvalue weighted by Gasteiger charge is 2.05. The minimum atomic E-state index is 0.459. The molecule has 4 heteroatoms. The summed E-state index contributed by atoms with van der Waals surface area (Å²) in [5.41, 5.74) is 2.52. The van der Waals surface area contributed by atoms with Gasteiger partial charge in [-0.05, 0) is 50.2 Å². The van der Waals surface area contributed by atoms with Crippen molar-refractivity contribution >= 4 is 11.3 Å². The van der Waals surface area contributed by atoms with Crippen molar-refractivity contribution < 1.29 is 0 Å². The zero-order valence-corrected chi connectivity index (χ0v) is 11.2. The summed E-state index contributed by atoms with van der Waals surface area (Å²) < 4.78 is 0. The van der Waals surface area contributed by atoms with E-state index in [-0.39, 0.29) is 0 Å². The summed E-state index contributed by atoms with van der Waals surface area (Å²) >= 11 is 1.81. The standard InChI is InChI=1S/C13H19N3S/c1-10-12(9-15-16-10)5-3-7-14-11(2)13-6-4-8-17-13/h4,6,8-9,11,14H,3,5,7H2,1-2H3,(H,15,16). The molecule has 0 aliphatic rings. The number of hydrogen-bond donors (Lipinski definition) is 2. The van der Waals surface area contributed by atoms with Gasteiger partial charge in [0.05, 0.1) is 6.20 Å². The monoisotopic (exact) mass is 249 g/mol. The van der Waals surface area contributed by atoms with Gasteiger partial charge < -0.3 is 5.32 Å². The van der Waals surface area contributed by atoms with Crippen molar-refractivity contribution in [3.63, 3.8) is 0 Å². The Bertz CT molecular complexity index is 433. The highest BCUT2D eigenvalue weighted by atomic mass is 32.1. The molecule has 0 fully saturated rings. The minimum absolute atomic E-state index is 0.459. The van der Waals surface area contributed by atoms with Gasteiger partial charge in [0.25, 0.3) is 0 Å². The second kappa shape index (κ2) is 5.98. The van der Waals surface area contributed by atoms with Gasteiger partial charge >= 0.3 is 0 Å². The first-order valence-corrected chi connectivity index (χ1v) is 6.91. The molecule has 1 atom stereocenters. The van der Waals surface area contributed by atoms with E-state index in [9.17, 15) is 0 Å². The normalized spacial score (nSPS) is 12.8. The topological polar surface area (TPSA) is 40.7 Å². The van der Waals surface area contributed by atoms with Gasteiger partial charge in [0.2, 0.25) is 0 Å². The van der Waals surface area contributed by atoms with Crippen LogP contribution in [0.4, 0.5) is 0 Å². The lowest BCUT2D eigenvalue weighted by molar-refractivity contribution is 0.565. The van der Waals surface area contributed by atoms with E-state index in [1.54, 1.807) is 0 Å². The van der Waals surface area contributed by atoms with E-state index in [1.165, 1.54) is 16.1 Å². The van der Waals surface area contributed by atoms with Crippen LogP contribution in [0.5, 0.6) is 0 Å². The maximum Gasteiger partial charge on any atom is 0.0522 e. The summed E-state index contributed by atoms with van der Waals surface area (Å²) in [6.07, 6.45) is 4.17. The molecule has 0 radical (unpaired) electrons. The van der Waals surface area contributed by atoms with E-state index in [2.05, 4.69) is 46.9 Å². The molecule has 17 heavy (non-hydrogen) atoms. The molecule has 0 spiro atoms. The van der Waals surface area contributed by atoms with Crippen molar-refractivity contribution in [2.24, 2.45) is 0 Å². The van der Waals surface area contributed by atoms with Crippen LogP contribution in [0.3, 0.4) is 0 Å². The Balaban J connectivity index is 1.68. The van der Waals surface area contributed by atoms with Crippen LogP contribution < -0.4 is 5.32 Å². The Kier molecular flexibility index (Phi) is 4.34. The fraction of sp³-hybridized carbons (Fsp3) is 0.462. The van der Waals surface area contributed by atoms with E-state index < -0.39 is 0 Å². The van der Waals surface area contributed by atoms with Crippen LogP contribution in [0, 0.1) is 6.92 Å². The van der Waals surface area contributed by atoms with Crippen molar-refractivity contribution in [3.8, 4) is 0 Å². The lowest BCUT2D eigenvalue weighted by Gasteiger charge is -2.11. The van der Waals surface area contributed by atoms with E-state index in [4.69, 9.17) is 0 Å². The number of hydrogen-bond acceptors (Lipinski definition) is 3. The Morgan fingerprint density at radius 1 is 1.53 bits per heavy atom. The van der Waals surface area contributed by atoms with Crippen LogP contribution in [0.25, 0.3) is 0 Å². The van der Waals surface area contributed by atoms with Gasteiger partial charge in [0.1, 0.15) is 0 Å². The molecule has 2 heterocycles. The summed E-state index contributed by atoms with van der Waals surface area (Å²) in [7, 11) is 0. The average molecular weight is 249 g/mol. The second-order valence-corrected chi connectivity index (χ2v) is 5.29. The number of aryl methyl sites for hydroxylation is 2. The Morgan fingerprint density at radius 3 is 3.06 bits per heavy atom. The molecule has 0 saturated heterocycles. The van der Waals surface area contributed by atoms with Gasteiger partial charge in [0, 0.05) is 16.6 Å². The Hall–Kier alpha value is -1.13. The quantitative estimate of drug-likeness (QED) is 0.772. The fourth-order valence-corrected chi connectivity index (χ4v) is 2.62. The zero-order valence-electron chi connectivity index (χ0n) is 10.4. The molecule has 0 aromatic carbocycles. The van der Waals surface area contributed by atoms with Crippen LogP contribution >= 0.6 is 11.3 Å². The van der Waals surface area contributed by atoms with E-state index in [0.29, 0.717) is 6.04 Å². The van der Waals surface area contributed by atoms with Gasteiger partial charge in [-0.1, -0.05) is 6.07 Å². The highest BCUT2D eigenvalue weighted by molar-refractivity contribution is 7.10. The van der Waals surface area contributed by atoms with Gasteiger partial charge in [0.15, 0.2) is 0 Å². The molecule has 3 nitrogen and oxygen atoms in total. The van der Waals surface area contributed by atoms with E-state index in [0.717, 1.165) is 19.4 Å². The third-order valence-electron chi connectivity index (χ3n) is 2.98. The molecule has 2 N–H and O–H groups in total. The number of aromatic amines is 1. The summed E-state index contributed by atoms with van der Waals surface area (Å²) in [4.78, 5) is 1.41. The van der Waals surface area contributed by atoms with Crippen molar-refractivity contribution in [3.05, 3.63) is 39.8 Å². The molecule has 0 aliphatic heterocycles. The third-order valence-corrected chi connectivity index (χ3v) is 4.03. The lowest BCUT2D eigenvalue weighted by Crippen LogP contribution is -2.19. The number of aromatic nitrogens is 2. The van der Waals surface area contributed by atoms with Crippen LogP contribution in [0.15, 0.2) is 23.7 Å². The highest BCUT2D eigenvalue weighted by Crippen LogP contribution is 2.17. The van der Waals surface area contributed by atoms with Crippen LogP contribution in [0.1, 0.15) is 35.5 Å². The molecule has 92 valence electrons. The maximum atomic E-state index is 4.03. The SMILES string of the molecule is Cc1[nH]ncc1CCCNC(C)c1cccs1. The molecular weight excluding hydrogens is 230 g/mol. The summed E-state index contributed by atoms with van der Waals surface area (Å²) in [6, 6.07) is 4.75. The van der Waals surface area contributed by atoms with Gasteiger partial charge in [-0.25, -0.2) is 0 Å². The number of H-pyrrole nitrogens is 1. The first-order chi connectivity index (χ1) is 8.27. The predicted molar refractivity (Wildman–Crippen MR) is 72.4 cm³/mol. The van der Waals surface area contributed by atoms with Crippen molar-refractivity contribution in [2.75, 3.05) is 6.54 Å². The molecule has 2 rings (SSSR count). The molecule has 0 bridgehead atoms. The molecule has 2 aromatic rings. The first-order valence-electron chi connectivity index (χ1n) is 6.03. The molecule has 2 aromatic heterocycles. The number of nitrogens with one attached hydrogen (secondary N) is 2. The minimum Gasteiger partial charge on any atom is -0.309 e. The number of rotatable bonds is 6. The first kappa shape index (κ1) is 12.3. The van der Waals surface area contributed by atoms with Gasteiger partial charge in [-0.2, -0.15) is 5.10 Å². The fourth-order valence-electron chi connectivity index (χ4n) is 1.86. The zero-order chi connectivity index (χ0) is 12.1. The van der Waals surface area contributed by atoms with E-state index in [1.807, 2.05) is 17.5 Å². The number of nitrogens with zero attached hydrogens (tertiary/aromatic N) is 1. The molecule has 0 saturated carbocycles.